The van der Waals surface area contributed by atoms with Gasteiger partial charge in [-0.3, -0.25) is 9.59 Å². The zero-order valence-corrected chi connectivity index (χ0v) is 19.3. The second-order valence-corrected chi connectivity index (χ2v) is 8.40. The van der Waals surface area contributed by atoms with E-state index in [4.69, 9.17) is 27.9 Å². The Hall–Kier alpha value is -2.44. The third-order valence-corrected chi connectivity index (χ3v) is 5.48. The van der Waals surface area contributed by atoms with Crippen molar-refractivity contribution in [2.45, 2.75) is 39.7 Å². The van der Waals surface area contributed by atoms with Crippen molar-refractivity contribution < 1.29 is 14.3 Å². The number of hydrogen-bond donors (Lipinski definition) is 3. The van der Waals surface area contributed by atoms with Crippen LogP contribution in [-0.2, 0) is 4.79 Å². The molecule has 0 spiro atoms. The number of nitrogens with one attached hydrogen (secondary N) is 3. The van der Waals surface area contributed by atoms with Crippen LogP contribution < -0.4 is 20.7 Å². The van der Waals surface area contributed by atoms with E-state index in [1.54, 1.807) is 30.3 Å². The van der Waals surface area contributed by atoms with Crippen LogP contribution in [0.5, 0.6) is 5.75 Å². The molecule has 0 bridgehead atoms. The van der Waals surface area contributed by atoms with Crippen LogP contribution in [0.3, 0.4) is 0 Å². The molecule has 8 heteroatoms. The van der Waals surface area contributed by atoms with Gasteiger partial charge in [-0.2, -0.15) is 0 Å². The van der Waals surface area contributed by atoms with Gasteiger partial charge in [0.05, 0.1) is 29.9 Å². The molecule has 0 fully saturated rings. The van der Waals surface area contributed by atoms with E-state index in [-0.39, 0.29) is 23.9 Å². The van der Waals surface area contributed by atoms with Gasteiger partial charge in [-0.1, -0.05) is 30.1 Å². The highest BCUT2D eigenvalue weighted by atomic mass is 35.5. The Kier molecular flexibility index (Phi) is 7.98. The molecule has 0 radical (unpaired) electrons. The lowest BCUT2D eigenvalue weighted by Crippen LogP contribution is -2.42. The zero-order chi connectivity index (χ0) is 22.5. The van der Waals surface area contributed by atoms with Crippen molar-refractivity contribution in [3.63, 3.8) is 0 Å². The smallest absolute Gasteiger partial charge is 0.253 e. The van der Waals surface area contributed by atoms with Crippen molar-refractivity contribution in [1.29, 1.82) is 0 Å². The first kappa shape index (κ1) is 23.8. The van der Waals surface area contributed by atoms with Crippen molar-refractivity contribution in [2.24, 2.45) is 0 Å². The Bertz CT molecular complexity index is 945. The van der Waals surface area contributed by atoms with Gasteiger partial charge in [0, 0.05) is 22.3 Å². The highest BCUT2D eigenvalue weighted by molar-refractivity contribution is 6.34. The van der Waals surface area contributed by atoms with E-state index in [0.717, 1.165) is 12.0 Å². The molecule has 0 aliphatic rings. The summed E-state index contributed by atoms with van der Waals surface area (Å²) in [6.07, 6.45) is 0.795. The molecule has 30 heavy (non-hydrogen) atoms. The first-order valence-electron chi connectivity index (χ1n) is 9.56. The first-order chi connectivity index (χ1) is 14.1. The summed E-state index contributed by atoms with van der Waals surface area (Å²) in [5, 5.41) is 9.61. The summed E-state index contributed by atoms with van der Waals surface area (Å²) in [5.41, 5.74) is 2.05. The summed E-state index contributed by atoms with van der Waals surface area (Å²) in [6.45, 7) is 7.75. The second-order valence-electron chi connectivity index (χ2n) is 7.59. The van der Waals surface area contributed by atoms with Crippen LogP contribution in [0.4, 0.5) is 11.4 Å². The lowest BCUT2D eigenvalue weighted by molar-refractivity contribution is -0.114. The van der Waals surface area contributed by atoms with E-state index in [9.17, 15) is 9.59 Å². The molecule has 0 atom stereocenters. The maximum absolute atomic E-state index is 12.4. The van der Waals surface area contributed by atoms with Crippen molar-refractivity contribution in [2.75, 3.05) is 24.3 Å². The molecule has 0 heterocycles. The van der Waals surface area contributed by atoms with Crippen LogP contribution in [-0.4, -0.2) is 31.0 Å². The Morgan fingerprint density at radius 2 is 1.80 bits per heavy atom. The predicted molar refractivity (Wildman–Crippen MR) is 123 cm³/mol. The molecule has 0 aliphatic heterocycles. The summed E-state index contributed by atoms with van der Waals surface area (Å²) >= 11 is 12.4. The molecule has 0 aliphatic carbocycles. The second kappa shape index (κ2) is 10.0. The van der Waals surface area contributed by atoms with E-state index < -0.39 is 0 Å². The molecule has 2 rings (SSSR count). The van der Waals surface area contributed by atoms with Gasteiger partial charge < -0.3 is 20.7 Å². The number of carbonyl (C=O) groups excluding carboxylic acids is 2. The van der Waals surface area contributed by atoms with Gasteiger partial charge in [0.25, 0.3) is 5.91 Å². The third-order valence-electron chi connectivity index (χ3n) is 4.76. The van der Waals surface area contributed by atoms with Crippen molar-refractivity contribution in [1.82, 2.24) is 5.32 Å². The monoisotopic (exact) mass is 451 g/mol. The normalized spacial score (nSPS) is 11.0. The fraction of sp³-hybridized carbons (Fsp3) is 0.364. The molecular formula is C22H27Cl2N3O3. The largest absolute Gasteiger partial charge is 0.495 e. The van der Waals surface area contributed by atoms with Gasteiger partial charge in [0.15, 0.2) is 0 Å². The number of hydrogen-bond acceptors (Lipinski definition) is 4. The average Bonchev–Trinajstić information content (AvgIpc) is 2.68. The minimum atomic E-state index is -0.323. The first-order valence-corrected chi connectivity index (χ1v) is 10.3. The van der Waals surface area contributed by atoms with Crippen LogP contribution in [0.1, 0.15) is 43.1 Å². The lowest BCUT2D eigenvalue weighted by atomic mass is 10.0. The Morgan fingerprint density at radius 3 is 2.40 bits per heavy atom. The molecule has 2 aromatic rings. The van der Waals surface area contributed by atoms with Gasteiger partial charge in [-0.15, -0.1) is 0 Å². The molecule has 162 valence electrons. The van der Waals surface area contributed by atoms with Crippen LogP contribution >= 0.6 is 23.2 Å². The number of rotatable bonds is 8. The molecule has 6 nitrogen and oxygen atoms in total. The third kappa shape index (κ3) is 6.28. The van der Waals surface area contributed by atoms with E-state index in [2.05, 4.69) is 16.0 Å². The lowest BCUT2D eigenvalue weighted by Gasteiger charge is -2.24. The van der Waals surface area contributed by atoms with Crippen LogP contribution in [0.25, 0.3) is 0 Å². The van der Waals surface area contributed by atoms with Gasteiger partial charge >= 0.3 is 0 Å². The molecule has 3 N–H and O–H groups in total. The number of anilines is 2. The molecule has 0 unspecified atom stereocenters. The Balaban J connectivity index is 2.01. The number of halogens is 2. The van der Waals surface area contributed by atoms with Gasteiger partial charge in [0.2, 0.25) is 5.91 Å². The van der Waals surface area contributed by atoms with Gasteiger partial charge in [0.1, 0.15) is 5.75 Å². The van der Waals surface area contributed by atoms with Crippen LogP contribution in [0.2, 0.25) is 10.0 Å². The van der Waals surface area contributed by atoms with E-state index in [0.29, 0.717) is 32.7 Å². The molecule has 2 aromatic carbocycles. The summed E-state index contributed by atoms with van der Waals surface area (Å²) in [5.74, 6) is -0.0219. The maximum Gasteiger partial charge on any atom is 0.253 e. The quantitative estimate of drug-likeness (QED) is 0.509. The summed E-state index contributed by atoms with van der Waals surface area (Å²) < 4.78 is 5.26. The summed E-state index contributed by atoms with van der Waals surface area (Å²) in [6, 6.07) is 8.37. The number of ether oxygens (including phenoxy) is 1. The Labute approximate surface area is 187 Å². The molecule has 0 saturated heterocycles. The molecular weight excluding hydrogens is 425 g/mol. The average molecular weight is 452 g/mol. The maximum atomic E-state index is 12.4. The fourth-order valence-electron chi connectivity index (χ4n) is 2.58. The van der Waals surface area contributed by atoms with Gasteiger partial charge in [-0.25, -0.2) is 0 Å². The molecule has 0 saturated carbocycles. The van der Waals surface area contributed by atoms with Gasteiger partial charge in [-0.05, 0) is 57.0 Å². The molecule has 0 aromatic heterocycles. The summed E-state index contributed by atoms with van der Waals surface area (Å²) in [7, 11) is 1.51. The van der Waals surface area contributed by atoms with Crippen LogP contribution in [0, 0.1) is 6.92 Å². The van der Waals surface area contributed by atoms with E-state index in [1.165, 1.54) is 7.11 Å². The zero-order valence-electron chi connectivity index (χ0n) is 17.8. The fourth-order valence-corrected chi connectivity index (χ4v) is 3.00. The van der Waals surface area contributed by atoms with Crippen molar-refractivity contribution in [3.8, 4) is 5.75 Å². The topological polar surface area (TPSA) is 79.5 Å². The standard InChI is InChI=1S/C22H27Cl2N3O3/c1-6-22(3,4)27-21(29)15-8-7-14(10-17(15)24)25-12-20(28)26-18-9-13(2)16(23)11-19(18)30-5/h7-11,25H,6,12H2,1-5H3,(H,26,28)(H,27,29). The molecule has 2 amide bonds. The highest BCUT2D eigenvalue weighted by Crippen LogP contribution is 2.31. The van der Waals surface area contributed by atoms with E-state index in [1.807, 2.05) is 27.7 Å². The van der Waals surface area contributed by atoms with Crippen molar-refractivity contribution in [3.05, 3.63) is 51.5 Å². The number of amides is 2. The number of benzene rings is 2. The van der Waals surface area contributed by atoms with E-state index >= 15 is 0 Å². The number of carbonyl (C=O) groups is 2. The predicted octanol–water partition coefficient (Wildman–Crippen LogP) is 5.28. The minimum Gasteiger partial charge on any atom is -0.495 e. The Morgan fingerprint density at radius 1 is 1.10 bits per heavy atom. The van der Waals surface area contributed by atoms with Crippen molar-refractivity contribution >= 4 is 46.4 Å². The highest BCUT2D eigenvalue weighted by Gasteiger charge is 2.20. The SMILES string of the molecule is CCC(C)(C)NC(=O)c1ccc(NCC(=O)Nc2cc(C)c(Cl)cc2OC)cc1Cl. The van der Waals surface area contributed by atoms with Crippen LogP contribution in [0.15, 0.2) is 30.3 Å². The summed E-state index contributed by atoms with van der Waals surface area (Å²) in [4.78, 5) is 24.8. The minimum absolute atomic E-state index is 0.00949. The number of aryl methyl sites for hydroxylation is 1. The number of methoxy groups -OCH3 is 1.